The molecule has 1 aliphatic rings. The van der Waals surface area contributed by atoms with Crippen LogP contribution in [0.15, 0.2) is 0 Å². The van der Waals surface area contributed by atoms with Crippen LogP contribution in [0, 0.1) is 0 Å². The van der Waals surface area contributed by atoms with E-state index in [1.54, 1.807) is 7.11 Å². The number of thiazole rings is 1. The average Bonchev–Trinajstić information content (AvgIpc) is 2.80. The Labute approximate surface area is 114 Å². The summed E-state index contributed by atoms with van der Waals surface area (Å²) in [5.41, 5.74) is 1.39. The molecule has 0 bridgehead atoms. The smallest absolute Gasteiger partial charge is 0.0932 e. The molecule has 1 atom stereocenters. The van der Waals surface area contributed by atoms with E-state index in [1.165, 1.54) is 34.8 Å². The maximum absolute atomic E-state index is 5.11. The molecule has 1 aliphatic carbocycles. The van der Waals surface area contributed by atoms with Gasteiger partial charge in [0.2, 0.25) is 0 Å². The SMILES string of the molecule is CCNCC1CCCc2sc(CCCOC)nc21. The molecule has 0 aromatic carbocycles. The summed E-state index contributed by atoms with van der Waals surface area (Å²) in [5.74, 6) is 0.640. The highest BCUT2D eigenvalue weighted by molar-refractivity contribution is 7.11. The molecular weight excluding hydrogens is 244 g/mol. The fourth-order valence-corrected chi connectivity index (χ4v) is 3.79. The number of ether oxygens (including phenoxy) is 1. The van der Waals surface area contributed by atoms with Gasteiger partial charge in [0.15, 0.2) is 0 Å². The fraction of sp³-hybridized carbons (Fsp3) is 0.786. The molecule has 1 aromatic rings. The minimum atomic E-state index is 0.640. The quantitative estimate of drug-likeness (QED) is 0.772. The molecule has 1 N–H and O–H groups in total. The number of likely N-dealkylation sites (N-methyl/N-ethyl adjacent to an activating group) is 1. The maximum Gasteiger partial charge on any atom is 0.0932 e. The lowest BCUT2D eigenvalue weighted by molar-refractivity contribution is 0.195. The summed E-state index contributed by atoms with van der Waals surface area (Å²) in [6.07, 6.45) is 6.00. The van der Waals surface area contributed by atoms with Crippen LogP contribution in [0.1, 0.15) is 47.7 Å². The van der Waals surface area contributed by atoms with Gasteiger partial charge in [-0.25, -0.2) is 4.98 Å². The molecule has 1 heterocycles. The number of rotatable bonds is 7. The summed E-state index contributed by atoms with van der Waals surface area (Å²) < 4.78 is 5.11. The largest absolute Gasteiger partial charge is 0.385 e. The zero-order chi connectivity index (χ0) is 12.8. The Morgan fingerprint density at radius 2 is 2.39 bits per heavy atom. The third-order valence-corrected chi connectivity index (χ3v) is 4.69. The molecule has 4 heteroatoms. The van der Waals surface area contributed by atoms with Crippen LogP contribution in [0.4, 0.5) is 0 Å². The van der Waals surface area contributed by atoms with Crippen LogP contribution in [0.5, 0.6) is 0 Å². The van der Waals surface area contributed by atoms with E-state index in [0.29, 0.717) is 5.92 Å². The number of methoxy groups -OCH3 is 1. The first-order valence-corrected chi connectivity index (χ1v) is 7.85. The molecule has 18 heavy (non-hydrogen) atoms. The van der Waals surface area contributed by atoms with Gasteiger partial charge in [0, 0.05) is 37.5 Å². The minimum absolute atomic E-state index is 0.640. The van der Waals surface area contributed by atoms with Crippen LogP contribution in [0.3, 0.4) is 0 Å². The number of fused-ring (bicyclic) bond motifs is 1. The average molecular weight is 268 g/mol. The van der Waals surface area contributed by atoms with Crippen molar-refractivity contribution in [3.63, 3.8) is 0 Å². The Balaban J connectivity index is 1.98. The van der Waals surface area contributed by atoms with Crippen molar-refractivity contribution in [1.82, 2.24) is 10.3 Å². The van der Waals surface area contributed by atoms with Crippen LogP contribution in [-0.4, -0.2) is 31.8 Å². The number of aryl methyl sites for hydroxylation is 2. The third kappa shape index (κ3) is 3.53. The van der Waals surface area contributed by atoms with Crippen LogP contribution in [-0.2, 0) is 17.6 Å². The van der Waals surface area contributed by atoms with Crippen LogP contribution in [0.25, 0.3) is 0 Å². The van der Waals surface area contributed by atoms with E-state index in [1.807, 2.05) is 11.3 Å². The second-order valence-electron chi connectivity index (χ2n) is 4.91. The lowest BCUT2D eigenvalue weighted by Crippen LogP contribution is -2.24. The number of aromatic nitrogens is 1. The third-order valence-electron chi connectivity index (χ3n) is 3.49. The van der Waals surface area contributed by atoms with E-state index in [0.717, 1.165) is 32.5 Å². The van der Waals surface area contributed by atoms with Gasteiger partial charge in [-0.1, -0.05) is 6.92 Å². The molecular formula is C14H24N2OS. The number of hydrogen-bond acceptors (Lipinski definition) is 4. The van der Waals surface area contributed by atoms with Crippen molar-refractivity contribution in [2.45, 2.75) is 44.9 Å². The molecule has 0 radical (unpaired) electrons. The van der Waals surface area contributed by atoms with Crippen molar-refractivity contribution < 1.29 is 4.74 Å². The van der Waals surface area contributed by atoms with Crippen molar-refractivity contribution in [3.8, 4) is 0 Å². The Hall–Kier alpha value is -0.450. The highest BCUT2D eigenvalue weighted by Crippen LogP contribution is 2.34. The Bertz CT molecular complexity index is 365. The monoisotopic (exact) mass is 268 g/mol. The molecule has 0 fully saturated rings. The van der Waals surface area contributed by atoms with E-state index in [-0.39, 0.29) is 0 Å². The minimum Gasteiger partial charge on any atom is -0.385 e. The molecule has 0 saturated heterocycles. The van der Waals surface area contributed by atoms with Gasteiger partial charge in [0.05, 0.1) is 10.7 Å². The van der Waals surface area contributed by atoms with Gasteiger partial charge in [-0.2, -0.15) is 0 Å². The van der Waals surface area contributed by atoms with Crippen molar-refractivity contribution in [2.75, 3.05) is 26.8 Å². The standard InChI is InChI=1S/C14H24N2OS/c1-3-15-10-11-6-4-7-12-14(11)16-13(18-12)8-5-9-17-2/h11,15H,3-10H2,1-2H3. The highest BCUT2D eigenvalue weighted by atomic mass is 32.1. The first-order chi connectivity index (χ1) is 8.85. The van der Waals surface area contributed by atoms with Crippen LogP contribution in [0.2, 0.25) is 0 Å². The summed E-state index contributed by atoms with van der Waals surface area (Å²) in [4.78, 5) is 6.42. The van der Waals surface area contributed by atoms with Gasteiger partial charge < -0.3 is 10.1 Å². The van der Waals surface area contributed by atoms with E-state index in [2.05, 4.69) is 12.2 Å². The molecule has 2 rings (SSSR count). The lowest BCUT2D eigenvalue weighted by Gasteiger charge is -2.21. The van der Waals surface area contributed by atoms with Crippen LogP contribution < -0.4 is 5.32 Å². The summed E-state index contributed by atoms with van der Waals surface area (Å²) in [5, 5.41) is 4.77. The zero-order valence-corrected chi connectivity index (χ0v) is 12.3. The van der Waals surface area contributed by atoms with Gasteiger partial charge in [-0.05, 0) is 32.2 Å². The first kappa shape index (κ1) is 14.0. The lowest BCUT2D eigenvalue weighted by atomic mass is 9.91. The first-order valence-electron chi connectivity index (χ1n) is 7.03. The van der Waals surface area contributed by atoms with Gasteiger partial charge in [-0.3, -0.25) is 0 Å². The van der Waals surface area contributed by atoms with E-state index < -0.39 is 0 Å². The summed E-state index contributed by atoms with van der Waals surface area (Å²) in [6.45, 7) is 5.15. The number of nitrogens with zero attached hydrogens (tertiary/aromatic N) is 1. The Morgan fingerprint density at radius 1 is 1.50 bits per heavy atom. The van der Waals surface area contributed by atoms with Crippen molar-refractivity contribution >= 4 is 11.3 Å². The second-order valence-corrected chi connectivity index (χ2v) is 6.08. The van der Waals surface area contributed by atoms with E-state index in [4.69, 9.17) is 9.72 Å². The molecule has 0 saturated carbocycles. The second kappa shape index (κ2) is 7.22. The van der Waals surface area contributed by atoms with Gasteiger partial charge in [0.1, 0.15) is 0 Å². The molecule has 1 unspecified atom stereocenters. The number of nitrogens with one attached hydrogen (secondary N) is 1. The molecule has 0 amide bonds. The normalized spacial score (nSPS) is 18.9. The zero-order valence-electron chi connectivity index (χ0n) is 11.5. The maximum atomic E-state index is 5.11. The van der Waals surface area contributed by atoms with Gasteiger partial charge in [-0.15, -0.1) is 11.3 Å². The Morgan fingerprint density at radius 3 is 3.17 bits per heavy atom. The van der Waals surface area contributed by atoms with Crippen molar-refractivity contribution in [2.24, 2.45) is 0 Å². The summed E-state index contributed by atoms with van der Waals surface area (Å²) >= 11 is 1.93. The number of hydrogen-bond donors (Lipinski definition) is 1. The van der Waals surface area contributed by atoms with Crippen LogP contribution >= 0.6 is 11.3 Å². The van der Waals surface area contributed by atoms with Gasteiger partial charge in [0.25, 0.3) is 0 Å². The highest BCUT2D eigenvalue weighted by Gasteiger charge is 2.24. The van der Waals surface area contributed by atoms with Crippen molar-refractivity contribution in [3.05, 3.63) is 15.6 Å². The Kier molecular flexibility index (Phi) is 5.60. The predicted octanol–water partition coefficient (Wildman–Crippen LogP) is 2.75. The van der Waals surface area contributed by atoms with E-state index in [9.17, 15) is 0 Å². The predicted molar refractivity (Wildman–Crippen MR) is 76.5 cm³/mol. The topological polar surface area (TPSA) is 34.1 Å². The van der Waals surface area contributed by atoms with Crippen molar-refractivity contribution in [1.29, 1.82) is 0 Å². The molecule has 0 aliphatic heterocycles. The summed E-state index contributed by atoms with van der Waals surface area (Å²) in [6, 6.07) is 0. The molecule has 3 nitrogen and oxygen atoms in total. The molecule has 0 spiro atoms. The van der Waals surface area contributed by atoms with Gasteiger partial charge >= 0.3 is 0 Å². The fourth-order valence-electron chi connectivity index (χ4n) is 2.55. The van der Waals surface area contributed by atoms with E-state index >= 15 is 0 Å². The molecule has 1 aromatic heterocycles. The summed E-state index contributed by atoms with van der Waals surface area (Å²) in [7, 11) is 1.76. The molecule has 102 valence electrons.